The van der Waals surface area contributed by atoms with Crippen molar-refractivity contribution in [3.8, 4) is 0 Å². The molecule has 0 spiro atoms. The maximum atomic E-state index is 13.3. The number of nitro groups is 1. The molecule has 0 saturated carbocycles. The number of benzene rings is 2. The van der Waals surface area contributed by atoms with Gasteiger partial charge in [0.1, 0.15) is 0 Å². The number of carbonyl (C=O) groups is 1. The van der Waals surface area contributed by atoms with Crippen LogP contribution in [0.2, 0.25) is 0 Å². The molecule has 1 unspecified atom stereocenters. The van der Waals surface area contributed by atoms with Crippen molar-refractivity contribution in [3.63, 3.8) is 0 Å². The average Bonchev–Trinajstić information content (AvgIpc) is 3.08. The number of ether oxygens (including phenoxy) is 1. The Morgan fingerprint density at radius 1 is 1.28 bits per heavy atom. The van der Waals surface area contributed by atoms with E-state index in [1.54, 1.807) is 6.07 Å². The summed E-state index contributed by atoms with van der Waals surface area (Å²) in [5.74, 6) is -0.207. The van der Waals surface area contributed by atoms with Gasteiger partial charge in [0.15, 0.2) is 5.78 Å². The standard InChI is InChI=1S/C21H20IN3O4/c1-23-8-9-29-13-15(23)11-24-12-18(16-4-2-3-5-20(16)24)21(26)17-10-14(25(27)28)6-7-19(17)22/h2-7,10,12,15H,8-9,11,13H2,1H3. The van der Waals surface area contributed by atoms with Gasteiger partial charge in [-0.25, -0.2) is 0 Å². The molecule has 2 heterocycles. The molecule has 1 fully saturated rings. The average molecular weight is 505 g/mol. The Kier molecular flexibility index (Phi) is 5.66. The smallest absolute Gasteiger partial charge is 0.270 e. The molecule has 150 valence electrons. The lowest BCUT2D eigenvalue weighted by Crippen LogP contribution is -2.45. The molecule has 1 aliphatic heterocycles. The van der Waals surface area contributed by atoms with Gasteiger partial charge in [-0.2, -0.15) is 0 Å². The number of aromatic nitrogens is 1. The van der Waals surface area contributed by atoms with E-state index in [1.165, 1.54) is 12.1 Å². The number of fused-ring (bicyclic) bond motifs is 1. The molecular weight excluding hydrogens is 485 g/mol. The van der Waals surface area contributed by atoms with E-state index < -0.39 is 4.92 Å². The molecule has 8 heteroatoms. The number of rotatable bonds is 5. The molecule has 0 bridgehead atoms. The van der Waals surface area contributed by atoms with Crippen LogP contribution in [0.25, 0.3) is 10.9 Å². The van der Waals surface area contributed by atoms with Gasteiger partial charge in [0.05, 0.1) is 24.2 Å². The van der Waals surface area contributed by atoms with Crippen molar-refractivity contribution in [1.82, 2.24) is 9.47 Å². The molecule has 0 aliphatic carbocycles. The van der Waals surface area contributed by atoms with Crippen LogP contribution in [0.15, 0.2) is 48.7 Å². The Balaban J connectivity index is 1.76. The third-order valence-electron chi connectivity index (χ3n) is 5.37. The summed E-state index contributed by atoms with van der Waals surface area (Å²) < 4.78 is 8.40. The van der Waals surface area contributed by atoms with Crippen LogP contribution in [0.1, 0.15) is 15.9 Å². The largest absolute Gasteiger partial charge is 0.378 e. The predicted molar refractivity (Wildman–Crippen MR) is 118 cm³/mol. The van der Waals surface area contributed by atoms with E-state index in [0.29, 0.717) is 27.8 Å². The van der Waals surface area contributed by atoms with Crippen molar-refractivity contribution in [1.29, 1.82) is 0 Å². The maximum Gasteiger partial charge on any atom is 0.270 e. The summed E-state index contributed by atoms with van der Waals surface area (Å²) in [6.45, 7) is 2.96. The molecular formula is C21H20IN3O4. The summed E-state index contributed by atoms with van der Waals surface area (Å²) in [4.78, 5) is 26.3. The van der Waals surface area contributed by atoms with Crippen molar-refractivity contribution >= 4 is 45.0 Å². The number of carbonyl (C=O) groups excluding carboxylic acids is 1. The van der Waals surface area contributed by atoms with Crippen molar-refractivity contribution in [3.05, 3.63) is 73.5 Å². The summed E-state index contributed by atoms with van der Waals surface area (Å²) >= 11 is 2.05. The van der Waals surface area contributed by atoms with Crippen LogP contribution < -0.4 is 0 Å². The summed E-state index contributed by atoms with van der Waals surface area (Å²) in [5.41, 5.74) is 1.79. The molecule has 3 aromatic rings. The second-order valence-electron chi connectivity index (χ2n) is 7.17. The second-order valence-corrected chi connectivity index (χ2v) is 8.33. The molecule has 2 aromatic carbocycles. The molecule has 1 aliphatic rings. The molecule has 7 nitrogen and oxygen atoms in total. The fraction of sp³-hybridized carbons (Fsp3) is 0.286. The quantitative estimate of drug-likeness (QED) is 0.229. The molecule has 0 N–H and O–H groups in total. The lowest BCUT2D eigenvalue weighted by atomic mass is 10.0. The second kappa shape index (κ2) is 8.21. The Hall–Kier alpha value is -2.30. The number of nitro benzene ring substituents is 1. The molecule has 1 aromatic heterocycles. The van der Waals surface area contributed by atoms with Gasteiger partial charge in [0.2, 0.25) is 0 Å². The van der Waals surface area contributed by atoms with E-state index in [4.69, 9.17) is 4.74 Å². The van der Waals surface area contributed by atoms with Gasteiger partial charge in [-0.3, -0.25) is 19.8 Å². The van der Waals surface area contributed by atoms with E-state index in [2.05, 4.69) is 16.5 Å². The molecule has 0 radical (unpaired) electrons. The molecule has 1 saturated heterocycles. The Labute approximate surface area is 181 Å². The van der Waals surface area contributed by atoms with Crippen LogP contribution in [0, 0.1) is 13.7 Å². The minimum absolute atomic E-state index is 0.0847. The highest BCUT2D eigenvalue weighted by molar-refractivity contribution is 14.1. The van der Waals surface area contributed by atoms with E-state index in [0.717, 1.165) is 24.1 Å². The highest BCUT2D eigenvalue weighted by Crippen LogP contribution is 2.28. The zero-order valence-electron chi connectivity index (χ0n) is 15.9. The van der Waals surface area contributed by atoms with E-state index in [1.807, 2.05) is 53.1 Å². The molecule has 29 heavy (non-hydrogen) atoms. The fourth-order valence-electron chi connectivity index (χ4n) is 3.68. The Morgan fingerprint density at radius 2 is 2.07 bits per heavy atom. The van der Waals surface area contributed by atoms with Crippen LogP contribution in [0.4, 0.5) is 5.69 Å². The highest BCUT2D eigenvalue weighted by Gasteiger charge is 2.24. The third-order valence-corrected chi connectivity index (χ3v) is 6.31. The van der Waals surface area contributed by atoms with Gasteiger partial charge in [-0.15, -0.1) is 0 Å². The normalized spacial score (nSPS) is 17.5. The summed E-state index contributed by atoms with van der Waals surface area (Å²) in [6.07, 6.45) is 1.87. The first-order valence-corrected chi connectivity index (χ1v) is 10.4. The SMILES string of the molecule is CN1CCOCC1Cn1cc(C(=O)c2cc([N+](=O)[O-])ccc2I)c2ccccc21. The third kappa shape index (κ3) is 3.92. The molecule has 1 atom stereocenters. The number of halogens is 1. The number of hydrogen-bond acceptors (Lipinski definition) is 5. The maximum absolute atomic E-state index is 13.3. The van der Waals surface area contributed by atoms with Crippen molar-refractivity contribution in [2.75, 3.05) is 26.8 Å². The number of para-hydroxylation sites is 1. The zero-order valence-corrected chi connectivity index (χ0v) is 18.0. The van der Waals surface area contributed by atoms with Gasteiger partial charge in [0.25, 0.3) is 5.69 Å². The minimum Gasteiger partial charge on any atom is -0.378 e. The Morgan fingerprint density at radius 3 is 2.83 bits per heavy atom. The van der Waals surface area contributed by atoms with Crippen molar-refractivity contribution in [2.45, 2.75) is 12.6 Å². The van der Waals surface area contributed by atoms with Crippen molar-refractivity contribution in [2.24, 2.45) is 0 Å². The van der Waals surface area contributed by atoms with E-state index in [-0.39, 0.29) is 17.5 Å². The van der Waals surface area contributed by atoms with E-state index in [9.17, 15) is 14.9 Å². The summed E-state index contributed by atoms with van der Waals surface area (Å²) in [5, 5.41) is 12.0. The van der Waals surface area contributed by atoms with Crippen LogP contribution in [0.3, 0.4) is 0 Å². The number of likely N-dealkylation sites (N-methyl/N-ethyl adjacent to an activating group) is 1. The lowest BCUT2D eigenvalue weighted by Gasteiger charge is -2.32. The fourth-order valence-corrected chi connectivity index (χ4v) is 4.26. The minimum atomic E-state index is -0.477. The molecule has 0 amide bonds. The first-order valence-electron chi connectivity index (χ1n) is 9.30. The summed E-state index contributed by atoms with van der Waals surface area (Å²) in [6, 6.07) is 12.4. The number of nitrogens with zero attached hydrogens (tertiary/aromatic N) is 3. The number of ketones is 1. The lowest BCUT2D eigenvalue weighted by molar-refractivity contribution is -0.384. The van der Waals surface area contributed by atoms with Crippen molar-refractivity contribution < 1.29 is 14.5 Å². The molecule has 4 rings (SSSR count). The van der Waals surface area contributed by atoms with E-state index >= 15 is 0 Å². The van der Waals surface area contributed by atoms with Crippen LogP contribution >= 0.6 is 22.6 Å². The first kappa shape index (κ1) is 20.0. The topological polar surface area (TPSA) is 77.6 Å². The summed E-state index contributed by atoms with van der Waals surface area (Å²) in [7, 11) is 2.08. The predicted octanol–water partition coefficient (Wildman–Crippen LogP) is 3.72. The number of morpholine rings is 1. The van der Waals surface area contributed by atoms with Gasteiger partial charge in [-0.1, -0.05) is 18.2 Å². The van der Waals surface area contributed by atoms with Crippen LogP contribution in [-0.4, -0.2) is 53.0 Å². The van der Waals surface area contributed by atoms with Crippen LogP contribution in [-0.2, 0) is 11.3 Å². The zero-order chi connectivity index (χ0) is 20.5. The Bertz CT molecular complexity index is 1090. The highest BCUT2D eigenvalue weighted by atomic mass is 127. The number of hydrogen-bond donors (Lipinski definition) is 0. The van der Waals surface area contributed by atoms with Crippen LogP contribution in [0.5, 0.6) is 0 Å². The first-order chi connectivity index (χ1) is 14.0. The van der Waals surface area contributed by atoms with Gasteiger partial charge >= 0.3 is 0 Å². The monoisotopic (exact) mass is 505 g/mol. The number of non-ortho nitro benzene ring substituents is 1. The van der Waals surface area contributed by atoms with Gasteiger partial charge < -0.3 is 9.30 Å². The van der Waals surface area contributed by atoms with Gasteiger partial charge in [-0.05, 0) is 41.8 Å². The van der Waals surface area contributed by atoms with Gasteiger partial charge in [0, 0.05) is 57.0 Å².